The Bertz CT molecular complexity index is 3070. The summed E-state index contributed by atoms with van der Waals surface area (Å²) in [5.74, 6) is 0.799. The summed E-state index contributed by atoms with van der Waals surface area (Å²) in [6.45, 7) is 21.2. The fraction of sp³-hybridized carbons (Fsp3) is 0.676. The summed E-state index contributed by atoms with van der Waals surface area (Å²) >= 11 is 0. The lowest BCUT2D eigenvalue weighted by atomic mass is 9.88. The van der Waals surface area contributed by atoms with E-state index in [1.165, 1.54) is 0 Å². The first kappa shape index (κ1) is 91.7. The number of cyclic esters (lactones) is 19. The molecule has 0 aliphatic carbocycles. The van der Waals surface area contributed by atoms with Crippen LogP contribution in [0.3, 0.4) is 0 Å². The van der Waals surface area contributed by atoms with Gasteiger partial charge in [-0.15, -0.1) is 0 Å². The third-order valence-corrected chi connectivity index (χ3v) is 16.0. The van der Waals surface area contributed by atoms with Gasteiger partial charge in [0.1, 0.15) is 97.7 Å². The summed E-state index contributed by atoms with van der Waals surface area (Å²) in [7, 11) is 0. The Morgan fingerprint density at radius 3 is 0.913 bits per heavy atom. The quantitative estimate of drug-likeness (QED) is 0.0547. The lowest BCUT2D eigenvalue weighted by Gasteiger charge is -2.33. The van der Waals surface area contributed by atoms with Crippen LogP contribution in [0.25, 0.3) is 0 Å². The average Bonchev–Trinajstić information content (AvgIpc) is 1.83. The predicted octanol–water partition coefficient (Wildman–Crippen LogP) is 4.54. The SMILES string of the molecule is C=C1OCC(COC(=O)C(=C)C)O1.C=C1OCC(COCC(COCC2COC(=O)O2)(COCC2COC(=O)O2)COCC2COC(=O)O2)O1.CC1COC(=O)O1.CCC(COCC1COC(=O)O1)(COCC1COC(=O)O1)COCC1COC(=O)O1.O=C1CCCO1.O=C1OCC(CO)O1.O=C1OCC(COc2ccccc2)O1. The van der Waals surface area contributed by atoms with Crippen molar-refractivity contribution in [2.24, 2.45) is 10.8 Å². The van der Waals surface area contributed by atoms with Crippen LogP contribution in [0.1, 0.15) is 40.0 Å². The van der Waals surface area contributed by atoms with Crippen LogP contribution < -0.4 is 4.74 Å². The molecule has 0 amide bonds. The highest BCUT2D eigenvalue weighted by Crippen LogP contribution is 2.28. The number of aliphatic hydroxyl groups is 1. The highest BCUT2D eigenvalue weighted by atomic mass is 16.8. The summed E-state index contributed by atoms with van der Waals surface area (Å²) in [6.07, 6.45) is -8.42. The van der Waals surface area contributed by atoms with Crippen molar-refractivity contribution in [2.45, 2.75) is 107 Å². The zero-order valence-corrected chi connectivity index (χ0v) is 63.5. The Morgan fingerprint density at radius 1 is 0.391 bits per heavy atom. The number of esters is 2. The van der Waals surface area contributed by atoms with Gasteiger partial charge in [-0.3, -0.25) is 4.79 Å². The van der Waals surface area contributed by atoms with Gasteiger partial charge in [0, 0.05) is 17.4 Å². The van der Waals surface area contributed by atoms with Gasteiger partial charge < -0.3 is 157 Å². The summed E-state index contributed by atoms with van der Waals surface area (Å²) < 4.78 is 162. The first-order chi connectivity index (χ1) is 55.3. The second-order valence-corrected chi connectivity index (χ2v) is 26.2. The standard InChI is InChI=1S/C22H30O15.C18H26O12.C10H10O4.C9H12O4.C4H6O4.C4H6O3.C4H6O2/c1-14-30-6-15(34-14)2-26-10-22(11-27-3-16-7-31-19(23)35-16,12-28-4-17-8-32-20(24)36-17)13-29-5-18-9-33-21(25)37-18;1-2-18(9-22-3-12-6-25-15(19)28-12,10-23-4-13-7-26-16(20)29-13)11-24-5-14-8-27-17(21)30-14;11-10-13-7-9(14-10)6-12-8-4-2-1-3-5-8;1-6(2)9(10)12-5-8-4-11-7(3)13-8;5-1-3-2-7-4(6)8-3;1-3-2-6-4(5)7-3;5-4-2-1-3-6-4/h15-18H,1-13H2;12-14H,2-11H2,1H3;1-5,9H,6-7H2;8H,1,3-5H2,2H3;3,5H,1-2H2;3H,2H2,1H3;1-3H2. The van der Waals surface area contributed by atoms with Crippen LogP contribution in [0.5, 0.6) is 5.75 Å². The Morgan fingerprint density at radius 2 is 0.687 bits per heavy atom. The van der Waals surface area contributed by atoms with Gasteiger partial charge in [-0.25, -0.2) is 47.9 Å². The molecule has 1 aromatic rings. The van der Waals surface area contributed by atoms with E-state index < -0.39 is 115 Å². The molecule has 44 nitrogen and oxygen atoms in total. The molecular formula is C71H96O44. The molecule has 12 fully saturated rings. The van der Waals surface area contributed by atoms with Gasteiger partial charge in [0.15, 0.2) is 61.0 Å². The topological polar surface area (TPSA) is 503 Å². The number of ether oxygens (including phenoxy) is 32. The third-order valence-electron chi connectivity index (χ3n) is 16.0. The molecule has 1 aromatic carbocycles. The van der Waals surface area contributed by atoms with Crippen molar-refractivity contribution in [3.63, 3.8) is 0 Å². The molecule has 12 aliphatic rings. The number of aliphatic hydroxyl groups excluding tert-OH is 1. The monoisotopic (exact) mass is 1650 g/mol. The Kier molecular flexibility index (Phi) is 39.3. The molecule has 44 heteroatoms. The van der Waals surface area contributed by atoms with Gasteiger partial charge in [-0.2, -0.15) is 0 Å². The molecule has 11 unspecified atom stereocenters. The van der Waals surface area contributed by atoms with E-state index in [1.807, 2.05) is 37.3 Å². The van der Waals surface area contributed by atoms with Crippen molar-refractivity contribution in [3.8, 4) is 5.75 Å². The van der Waals surface area contributed by atoms with Gasteiger partial charge in [-0.05, 0) is 52.0 Å². The maximum atomic E-state index is 11.2. The zero-order chi connectivity index (χ0) is 82.8. The molecule has 11 atom stereocenters. The van der Waals surface area contributed by atoms with Gasteiger partial charge in [0.25, 0.3) is 11.9 Å². The smallest absolute Gasteiger partial charge is 0.490 e. The van der Waals surface area contributed by atoms with Crippen molar-refractivity contribution in [1.29, 1.82) is 0 Å². The number of carbonyl (C=O) groups is 11. The summed E-state index contributed by atoms with van der Waals surface area (Å²) in [5, 5.41) is 8.33. The van der Waals surface area contributed by atoms with E-state index in [0.29, 0.717) is 51.4 Å². The van der Waals surface area contributed by atoms with Crippen LogP contribution in [0.15, 0.2) is 67.5 Å². The van der Waals surface area contributed by atoms with Crippen LogP contribution in [-0.2, 0) is 156 Å². The minimum Gasteiger partial charge on any atom is -0.490 e. The Balaban J connectivity index is 0.000000206. The molecule has 0 spiro atoms. The summed E-state index contributed by atoms with van der Waals surface area (Å²) in [4.78, 5) is 118. The van der Waals surface area contributed by atoms with Crippen molar-refractivity contribution in [3.05, 3.63) is 67.5 Å². The van der Waals surface area contributed by atoms with Crippen LogP contribution in [0.4, 0.5) is 43.2 Å². The van der Waals surface area contributed by atoms with Crippen molar-refractivity contribution in [2.75, 3.05) is 192 Å². The second-order valence-electron chi connectivity index (χ2n) is 26.2. The van der Waals surface area contributed by atoms with Crippen LogP contribution in [0, 0.1) is 10.8 Å². The molecule has 12 saturated heterocycles. The molecule has 0 saturated carbocycles. The van der Waals surface area contributed by atoms with E-state index in [-0.39, 0.29) is 201 Å². The molecule has 12 heterocycles. The second kappa shape index (κ2) is 49.3. The maximum Gasteiger partial charge on any atom is 0.508 e. The minimum absolute atomic E-state index is 0.0463. The van der Waals surface area contributed by atoms with E-state index in [1.54, 1.807) is 13.8 Å². The molecule has 115 heavy (non-hydrogen) atoms. The van der Waals surface area contributed by atoms with Gasteiger partial charge in [0.2, 0.25) is 0 Å². The van der Waals surface area contributed by atoms with E-state index in [2.05, 4.69) is 48.2 Å². The summed E-state index contributed by atoms with van der Waals surface area (Å²) in [5.41, 5.74) is -1.03. The first-order valence-electron chi connectivity index (χ1n) is 36.1. The molecule has 12 aliphatic heterocycles. The van der Waals surface area contributed by atoms with Crippen LogP contribution >= 0.6 is 0 Å². The molecule has 644 valence electrons. The number of benzene rings is 1. The Labute approximate surface area is 657 Å². The minimum atomic E-state index is -0.868. The van der Waals surface area contributed by atoms with Gasteiger partial charge >= 0.3 is 67.3 Å². The fourth-order valence-electron chi connectivity index (χ4n) is 10.0. The van der Waals surface area contributed by atoms with Gasteiger partial charge in [0.05, 0.1) is 111 Å². The number of para-hydroxylation sites is 1. The maximum absolute atomic E-state index is 11.2. The lowest BCUT2D eigenvalue weighted by Crippen LogP contribution is -2.44. The van der Waals surface area contributed by atoms with E-state index in [4.69, 9.17) is 128 Å². The Hall–Kier alpha value is -10.5. The van der Waals surface area contributed by atoms with Crippen molar-refractivity contribution < 1.29 is 209 Å². The van der Waals surface area contributed by atoms with E-state index in [9.17, 15) is 52.7 Å². The zero-order valence-electron chi connectivity index (χ0n) is 63.5. The number of carbonyl (C=O) groups excluding carboxylic acids is 11. The molecule has 0 aromatic heterocycles. The molecule has 13 rings (SSSR count). The molecule has 0 bridgehead atoms. The number of hydrogen-bond acceptors (Lipinski definition) is 44. The predicted molar refractivity (Wildman–Crippen MR) is 367 cm³/mol. The average molecular weight is 1650 g/mol. The third kappa shape index (κ3) is 36.2. The number of rotatable bonds is 36. The van der Waals surface area contributed by atoms with Gasteiger partial charge in [-0.1, -0.05) is 31.7 Å². The molecular weight excluding hydrogens is 1560 g/mol. The van der Waals surface area contributed by atoms with Crippen molar-refractivity contribution in [1.82, 2.24) is 0 Å². The molecule has 1 N–H and O–H groups in total. The largest absolute Gasteiger partial charge is 0.508 e. The number of hydrogen-bond donors (Lipinski definition) is 1. The van der Waals surface area contributed by atoms with Crippen LogP contribution in [0.2, 0.25) is 0 Å². The normalized spacial score (nSPS) is 25.8. The van der Waals surface area contributed by atoms with E-state index >= 15 is 0 Å². The summed E-state index contributed by atoms with van der Waals surface area (Å²) in [6, 6.07) is 9.36. The van der Waals surface area contributed by atoms with Crippen molar-refractivity contribution >= 4 is 67.3 Å². The van der Waals surface area contributed by atoms with E-state index in [0.717, 1.165) is 12.2 Å². The molecule has 0 radical (unpaired) electrons. The highest BCUT2D eigenvalue weighted by Gasteiger charge is 2.40. The fourth-order valence-corrected chi connectivity index (χ4v) is 10.0. The van der Waals surface area contributed by atoms with Crippen LogP contribution in [-0.4, -0.2) is 331 Å². The highest BCUT2D eigenvalue weighted by molar-refractivity contribution is 5.87. The lowest BCUT2D eigenvalue weighted by molar-refractivity contribution is -0.141. The first-order valence-corrected chi connectivity index (χ1v) is 36.1.